The molecule has 0 saturated heterocycles. The SMILES string of the molecule is CCc1ccc(C(=O)NNC(=O)c2cnn(Cc3ccccc3Cl)c2)cc1. The molecule has 2 aromatic carbocycles. The van der Waals surface area contributed by atoms with Gasteiger partial charge >= 0.3 is 0 Å². The third kappa shape index (κ3) is 4.74. The first-order valence-electron chi connectivity index (χ1n) is 8.52. The van der Waals surface area contributed by atoms with Crippen molar-refractivity contribution in [2.75, 3.05) is 0 Å². The average molecular weight is 383 g/mol. The summed E-state index contributed by atoms with van der Waals surface area (Å²) in [6.45, 7) is 2.49. The topological polar surface area (TPSA) is 76.0 Å². The monoisotopic (exact) mass is 382 g/mol. The highest BCUT2D eigenvalue weighted by atomic mass is 35.5. The molecule has 138 valence electrons. The van der Waals surface area contributed by atoms with E-state index in [9.17, 15) is 9.59 Å². The van der Waals surface area contributed by atoms with Gasteiger partial charge in [-0.3, -0.25) is 25.1 Å². The predicted molar refractivity (Wildman–Crippen MR) is 104 cm³/mol. The van der Waals surface area contributed by atoms with Crippen LogP contribution in [0.15, 0.2) is 60.9 Å². The number of aromatic nitrogens is 2. The molecule has 0 aliphatic carbocycles. The Labute approximate surface area is 162 Å². The first-order chi connectivity index (χ1) is 13.1. The molecule has 6 nitrogen and oxygen atoms in total. The third-order valence-electron chi connectivity index (χ3n) is 4.10. The highest BCUT2D eigenvalue weighted by molar-refractivity contribution is 6.31. The maximum Gasteiger partial charge on any atom is 0.272 e. The molecule has 3 aromatic rings. The van der Waals surface area contributed by atoms with Crippen LogP contribution in [0, 0.1) is 0 Å². The lowest BCUT2D eigenvalue weighted by atomic mass is 10.1. The number of carbonyl (C=O) groups excluding carboxylic acids is 2. The Morgan fingerprint density at radius 1 is 1.00 bits per heavy atom. The number of amides is 2. The molecule has 1 heterocycles. The molecule has 0 bridgehead atoms. The first kappa shape index (κ1) is 18.7. The van der Waals surface area contributed by atoms with E-state index in [2.05, 4.69) is 16.0 Å². The number of hydrogen-bond donors (Lipinski definition) is 2. The van der Waals surface area contributed by atoms with E-state index in [1.165, 1.54) is 6.20 Å². The lowest BCUT2D eigenvalue weighted by Gasteiger charge is -2.07. The fraction of sp³-hybridized carbons (Fsp3) is 0.150. The molecule has 27 heavy (non-hydrogen) atoms. The van der Waals surface area contributed by atoms with E-state index in [0.29, 0.717) is 22.7 Å². The molecule has 0 unspecified atom stereocenters. The van der Waals surface area contributed by atoms with Gasteiger partial charge in [0.1, 0.15) is 0 Å². The summed E-state index contributed by atoms with van der Waals surface area (Å²) >= 11 is 6.14. The van der Waals surface area contributed by atoms with E-state index in [1.807, 2.05) is 37.3 Å². The van der Waals surface area contributed by atoms with Crippen LogP contribution in [0.3, 0.4) is 0 Å². The van der Waals surface area contributed by atoms with Crippen molar-refractivity contribution in [2.24, 2.45) is 0 Å². The number of halogens is 1. The van der Waals surface area contributed by atoms with Crippen molar-refractivity contribution in [3.63, 3.8) is 0 Å². The third-order valence-corrected chi connectivity index (χ3v) is 4.47. The number of hydrazine groups is 1. The van der Waals surface area contributed by atoms with Gasteiger partial charge in [-0.15, -0.1) is 0 Å². The zero-order chi connectivity index (χ0) is 19.2. The van der Waals surface area contributed by atoms with Crippen molar-refractivity contribution >= 4 is 23.4 Å². The molecule has 0 saturated carbocycles. The van der Waals surface area contributed by atoms with Gasteiger partial charge in [-0.1, -0.05) is 48.9 Å². The molecule has 2 N–H and O–H groups in total. The van der Waals surface area contributed by atoms with E-state index in [1.54, 1.807) is 29.1 Å². The largest absolute Gasteiger partial charge is 0.272 e. The number of rotatable bonds is 5. The molecule has 3 rings (SSSR count). The Morgan fingerprint density at radius 2 is 1.67 bits per heavy atom. The summed E-state index contributed by atoms with van der Waals surface area (Å²) in [6.07, 6.45) is 3.94. The van der Waals surface area contributed by atoms with Crippen LogP contribution in [-0.4, -0.2) is 21.6 Å². The number of aryl methyl sites for hydroxylation is 1. The van der Waals surface area contributed by atoms with Crippen LogP contribution in [-0.2, 0) is 13.0 Å². The lowest BCUT2D eigenvalue weighted by Crippen LogP contribution is -2.41. The summed E-state index contributed by atoms with van der Waals surface area (Å²) in [6, 6.07) is 14.7. The fourth-order valence-corrected chi connectivity index (χ4v) is 2.71. The molecule has 0 aliphatic rings. The summed E-state index contributed by atoms with van der Waals surface area (Å²) in [5, 5.41) is 4.80. The Morgan fingerprint density at radius 3 is 2.33 bits per heavy atom. The Hall–Kier alpha value is -3.12. The zero-order valence-electron chi connectivity index (χ0n) is 14.8. The Bertz CT molecular complexity index is 951. The summed E-state index contributed by atoms with van der Waals surface area (Å²) in [7, 11) is 0. The Balaban J connectivity index is 1.57. The second-order valence-corrected chi connectivity index (χ2v) is 6.38. The standard InChI is InChI=1S/C20H19ClN4O2/c1-2-14-7-9-15(10-8-14)19(26)23-24-20(27)17-11-22-25(13-17)12-16-5-3-4-6-18(16)21/h3-11,13H,2,12H2,1H3,(H,23,26)(H,24,27). The van der Waals surface area contributed by atoms with Gasteiger partial charge < -0.3 is 0 Å². The van der Waals surface area contributed by atoms with E-state index in [0.717, 1.165) is 17.5 Å². The van der Waals surface area contributed by atoms with Crippen LogP contribution in [0.2, 0.25) is 5.02 Å². The summed E-state index contributed by atoms with van der Waals surface area (Å²) in [4.78, 5) is 24.3. The van der Waals surface area contributed by atoms with Gasteiger partial charge in [-0.2, -0.15) is 5.10 Å². The molecule has 1 aromatic heterocycles. The molecule has 7 heteroatoms. The minimum atomic E-state index is -0.445. The number of benzene rings is 2. The zero-order valence-corrected chi connectivity index (χ0v) is 15.5. The van der Waals surface area contributed by atoms with Gasteiger partial charge in [0.05, 0.1) is 18.3 Å². The molecule has 0 spiro atoms. The van der Waals surface area contributed by atoms with Crippen molar-refractivity contribution in [2.45, 2.75) is 19.9 Å². The average Bonchev–Trinajstić information content (AvgIpc) is 3.16. The minimum Gasteiger partial charge on any atom is -0.267 e. The first-order valence-corrected chi connectivity index (χ1v) is 8.90. The van der Waals surface area contributed by atoms with Crippen molar-refractivity contribution < 1.29 is 9.59 Å². The van der Waals surface area contributed by atoms with Crippen molar-refractivity contribution in [3.8, 4) is 0 Å². The van der Waals surface area contributed by atoms with Crippen molar-refractivity contribution in [3.05, 3.63) is 88.2 Å². The van der Waals surface area contributed by atoms with Gasteiger partial charge in [0.25, 0.3) is 11.8 Å². The predicted octanol–water partition coefficient (Wildman–Crippen LogP) is 3.22. The van der Waals surface area contributed by atoms with E-state index >= 15 is 0 Å². The molecular formula is C20H19ClN4O2. The smallest absolute Gasteiger partial charge is 0.267 e. The van der Waals surface area contributed by atoms with E-state index in [-0.39, 0.29) is 5.91 Å². The highest BCUT2D eigenvalue weighted by Crippen LogP contribution is 2.16. The normalized spacial score (nSPS) is 10.4. The lowest BCUT2D eigenvalue weighted by molar-refractivity contribution is 0.0846. The molecule has 2 amide bonds. The van der Waals surface area contributed by atoms with Crippen LogP contribution < -0.4 is 10.9 Å². The second-order valence-electron chi connectivity index (χ2n) is 5.98. The molecular weight excluding hydrogens is 364 g/mol. The van der Waals surface area contributed by atoms with Gasteiger partial charge in [0, 0.05) is 16.8 Å². The maximum atomic E-state index is 12.2. The van der Waals surface area contributed by atoms with Gasteiger partial charge in [0.15, 0.2) is 0 Å². The number of nitrogens with zero attached hydrogens (tertiary/aromatic N) is 2. The number of carbonyl (C=O) groups is 2. The molecule has 0 radical (unpaired) electrons. The summed E-state index contributed by atoms with van der Waals surface area (Å²) in [5.41, 5.74) is 7.65. The van der Waals surface area contributed by atoms with E-state index in [4.69, 9.17) is 11.6 Å². The second kappa shape index (κ2) is 8.51. The summed E-state index contributed by atoms with van der Waals surface area (Å²) < 4.78 is 1.61. The Kier molecular flexibility index (Phi) is 5.88. The van der Waals surface area contributed by atoms with Crippen LogP contribution >= 0.6 is 11.6 Å². The van der Waals surface area contributed by atoms with Crippen LogP contribution in [0.4, 0.5) is 0 Å². The molecule has 0 aliphatic heterocycles. The molecule has 0 fully saturated rings. The van der Waals surface area contributed by atoms with Gasteiger partial charge in [-0.05, 0) is 35.7 Å². The maximum absolute atomic E-state index is 12.2. The van der Waals surface area contributed by atoms with Crippen LogP contribution in [0.1, 0.15) is 38.8 Å². The molecule has 0 atom stereocenters. The fourth-order valence-electron chi connectivity index (χ4n) is 2.52. The van der Waals surface area contributed by atoms with Crippen LogP contribution in [0.5, 0.6) is 0 Å². The number of nitrogens with one attached hydrogen (secondary N) is 2. The van der Waals surface area contributed by atoms with Gasteiger partial charge in [0.2, 0.25) is 0 Å². The quantitative estimate of drug-likeness (QED) is 0.665. The number of hydrogen-bond acceptors (Lipinski definition) is 3. The van der Waals surface area contributed by atoms with Crippen molar-refractivity contribution in [1.29, 1.82) is 0 Å². The minimum absolute atomic E-state index is 0.337. The van der Waals surface area contributed by atoms with Crippen molar-refractivity contribution in [1.82, 2.24) is 20.6 Å². The summed E-state index contributed by atoms with van der Waals surface area (Å²) in [5.74, 6) is -0.826. The van der Waals surface area contributed by atoms with Crippen LogP contribution in [0.25, 0.3) is 0 Å². The highest BCUT2D eigenvalue weighted by Gasteiger charge is 2.12. The van der Waals surface area contributed by atoms with E-state index < -0.39 is 5.91 Å². The van der Waals surface area contributed by atoms with Gasteiger partial charge in [-0.25, -0.2) is 0 Å².